The molecule has 4 nitrogen and oxygen atoms in total. The number of sulfone groups is 1. The normalized spacial score (nSPS) is 23.2. The Kier molecular flexibility index (Phi) is 5.57. The zero-order valence-electron chi connectivity index (χ0n) is 12.2. The molecule has 1 aromatic rings. The molecule has 0 radical (unpaired) electrons. The van der Waals surface area contributed by atoms with Gasteiger partial charge in [0.05, 0.1) is 22.7 Å². The standard InChI is InChI=1S/C14H24N2O2S2/c1-11(2)6-15-7-13(5-14-8-19-10-16-14)12-3-4-20(17,18)9-12/h8,10-13,15H,3-7,9H2,1-2H3. The Hall–Kier alpha value is -0.460. The van der Waals surface area contributed by atoms with E-state index in [4.69, 9.17) is 0 Å². The van der Waals surface area contributed by atoms with E-state index >= 15 is 0 Å². The quantitative estimate of drug-likeness (QED) is 0.836. The Bertz CT molecular complexity index is 497. The first-order valence-corrected chi connectivity index (χ1v) is 10.0. The molecule has 0 amide bonds. The van der Waals surface area contributed by atoms with Gasteiger partial charge in [0.1, 0.15) is 0 Å². The van der Waals surface area contributed by atoms with Crippen molar-refractivity contribution in [2.24, 2.45) is 17.8 Å². The highest BCUT2D eigenvalue weighted by Gasteiger charge is 2.33. The smallest absolute Gasteiger partial charge is 0.150 e. The fourth-order valence-corrected chi connectivity index (χ4v) is 5.26. The van der Waals surface area contributed by atoms with Crippen LogP contribution in [0, 0.1) is 17.8 Å². The first-order chi connectivity index (χ1) is 9.46. The molecule has 1 aliphatic heterocycles. The summed E-state index contributed by atoms with van der Waals surface area (Å²) in [6, 6.07) is 0. The van der Waals surface area contributed by atoms with Gasteiger partial charge < -0.3 is 5.32 Å². The van der Waals surface area contributed by atoms with Crippen LogP contribution in [0.25, 0.3) is 0 Å². The molecule has 20 heavy (non-hydrogen) atoms. The van der Waals surface area contributed by atoms with Crippen molar-refractivity contribution >= 4 is 21.2 Å². The van der Waals surface area contributed by atoms with E-state index < -0.39 is 9.84 Å². The van der Waals surface area contributed by atoms with Crippen LogP contribution >= 0.6 is 11.3 Å². The SMILES string of the molecule is CC(C)CNCC(Cc1cscn1)C1CCS(=O)(=O)C1. The largest absolute Gasteiger partial charge is 0.316 e. The van der Waals surface area contributed by atoms with Crippen molar-refractivity contribution in [1.82, 2.24) is 10.3 Å². The van der Waals surface area contributed by atoms with Crippen molar-refractivity contribution in [2.45, 2.75) is 26.7 Å². The van der Waals surface area contributed by atoms with E-state index in [2.05, 4.69) is 29.5 Å². The van der Waals surface area contributed by atoms with Crippen molar-refractivity contribution in [3.8, 4) is 0 Å². The number of hydrogen-bond acceptors (Lipinski definition) is 5. The van der Waals surface area contributed by atoms with E-state index in [9.17, 15) is 8.42 Å². The number of hydrogen-bond donors (Lipinski definition) is 1. The maximum atomic E-state index is 11.7. The minimum absolute atomic E-state index is 0.279. The molecular weight excluding hydrogens is 292 g/mol. The lowest BCUT2D eigenvalue weighted by Crippen LogP contribution is -2.32. The van der Waals surface area contributed by atoms with Crippen LogP contribution in [-0.2, 0) is 16.3 Å². The van der Waals surface area contributed by atoms with Crippen molar-refractivity contribution in [3.05, 3.63) is 16.6 Å². The maximum Gasteiger partial charge on any atom is 0.150 e. The van der Waals surface area contributed by atoms with E-state index in [1.807, 2.05) is 5.51 Å². The predicted molar refractivity (Wildman–Crippen MR) is 83.8 cm³/mol. The van der Waals surface area contributed by atoms with Crippen molar-refractivity contribution in [2.75, 3.05) is 24.6 Å². The Morgan fingerprint density at radius 1 is 1.45 bits per heavy atom. The fraction of sp³-hybridized carbons (Fsp3) is 0.786. The first kappa shape index (κ1) is 15.9. The van der Waals surface area contributed by atoms with Gasteiger partial charge in [0.25, 0.3) is 0 Å². The second kappa shape index (κ2) is 7.00. The minimum Gasteiger partial charge on any atom is -0.316 e. The highest BCUT2D eigenvalue weighted by atomic mass is 32.2. The predicted octanol–water partition coefficient (Wildman–Crippen LogP) is 1.98. The molecule has 1 aromatic heterocycles. The lowest BCUT2D eigenvalue weighted by molar-refractivity contribution is 0.335. The molecule has 2 rings (SSSR count). The van der Waals surface area contributed by atoms with E-state index in [0.29, 0.717) is 23.3 Å². The summed E-state index contributed by atoms with van der Waals surface area (Å²) in [4.78, 5) is 4.35. The summed E-state index contributed by atoms with van der Waals surface area (Å²) in [5.41, 5.74) is 2.94. The van der Waals surface area contributed by atoms with Gasteiger partial charge in [-0.1, -0.05) is 13.8 Å². The molecular formula is C14H24N2O2S2. The molecule has 0 aliphatic carbocycles. The average molecular weight is 316 g/mol. The van der Waals surface area contributed by atoms with Crippen molar-refractivity contribution in [1.29, 1.82) is 0 Å². The third-order valence-corrected chi connectivity index (χ3v) is 6.28. The Balaban J connectivity index is 1.96. The second-order valence-corrected chi connectivity index (χ2v) is 9.11. The first-order valence-electron chi connectivity index (χ1n) is 7.24. The number of nitrogens with zero attached hydrogens (tertiary/aromatic N) is 1. The molecule has 1 saturated heterocycles. The monoisotopic (exact) mass is 316 g/mol. The third-order valence-electron chi connectivity index (χ3n) is 3.85. The van der Waals surface area contributed by atoms with Gasteiger partial charge in [-0.2, -0.15) is 0 Å². The van der Waals surface area contributed by atoms with Gasteiger partial charge in [0.15, 0.2) is 9.84 Å². The Labute approximate surface area is 125 Å². The lowest BCUT2D eigenvalue weighted by Gasteiger charge is -2.23. The highest BCUT2D eigenvalue weighted by Crippen LogP contribution is 2.28. The molecule has 1 aliphatic rings. The van der Waals surface area contributed by atoms with Crippen LogP contribution in [0.1, 0.15) is 26.0 Å². The van der Waals surface area contributed by atoms with Crippen LogP contribution in [0.5, 0.6) is 0 Å². The van der Waals surface area contributed by atoms with E-state index in [1.54, 1.807) is 11.3 Å². The maximum absolute atomic E-state index is 11.7. The summed E-state index contributed by atoms with van der Waals surface area (Å²) in [7, 11) is -2.81. The second-order valence-electron chi connectivity index (χ2n) is 6.16. The van der Waals surface area contributed by atoms with Gasteiger partial charge in [-0.15, -0.1) is 11.3 Å². The molecule has 6 heteroatoms. The molecule has 0 aromatic carbocycles. The summed E-state index contributed by atoms with van der Waals surface area (Å²) in [6.45, 7) is 6.23. The summed E-state index contributed by atoms with van der Waals surface area (Å²) >= 11 is 1.60. The fourth-order valence-electron chi connectivity index (χ4n) is 2.77. The molecule has 2 heterocycles. The number of thiazole rings is 1. The molecule has 2 atom stereocenters. The Morgan fingerprint density at radius 2 is 2.25 bits per heavy atom. The van der Waals surface area contributed by atoms with Gasteiger partial charge in [-0.3, -0.25) is 0 Å². The summed E-state index contributed by atoms with van der Waals surface area (Å²) < 4.78 is 23.4. The van der Waals surface area contributed by atoms with Gasteiger partial charge in [-0.05, 0) is 43.7 Å². The lowest BCUT2D eigenvalue weighted by atomic mass is 9.88. The molecule has 0 bridgehead atoms. The van der Waals surface area contributed by atoms with Crippen LogP contribution < -0.4 is 5.32 Å². The van der Waals surface area contributed by atoms with Crippen LogP contribution in [0.4, 0.5) is 0 Å². The average Bonchev–Trinajstić information content (AvgIpc) is 2.97. The third kappa shape index (κ3) is 4.82. The summed E-state index contributed by atoms with van der Waals surface area (Å²) in [6.07, 6.45) is 1.69. The van der Waals surface area contributed by atoms with Gasteiger partial charge in [0.2, 0.25) is 0 Å². The van der Waals surface area contributed by atoms with Crippen LogP contribution in [0.2, 0.25) is 0 Å². The van der Waals surface area contributed by atoms with Gasteiger partial charge in [-0.25, -0.2) is 13.4 Å². The minimum atomic E-state index is -2.81. The van der Waals surface area contributed by atoms with E-state index in [1.165, 1.54) is 0 Å². The summed E-state index contributed by atoms with van der Waals surface area (Å²) in [5.74, 6) is 1.97. The van der Waals surface area contributed by atoms with Crippen LogP contribution in [-0.4, -0.2) is 38.0 Å². The Morgan fingerprint density at radius 3 is 2.80 bits per heavy atom. The molecule has 2 unspecified atom stereocenters. The van der Waals surface area contributed by atoms with Crippen molar-refractivity contribution < 1.29 is 8.42 Å². The number of nitrogens with one attached hydrogen (secondary N) is 1. The highest BCUT2D eigenvalue weighted by molar-refractivity contribution is 7.91. The van der Waals surface area contributed by atoms with Gasteiger partial charge in [0, 0.05) is 5.38 Å². The van der Waals surface area contributed by atoms with Crippen molar-refractivity contribution in [3.63, 3.8) is 0 Å². The number of rotatable bonds is 7. The van der Waals surface area contributed by atoms with Gasteiger partial charge >= 0.3 is 0 Å². The molecule has 1 N–H and O–H groups in total. The zero-order valence-corrected chi connectivity index (χ0v) is 13.8. The van der Waals surface area contributed by atoms with E-state index in [0.717, 1.165) is 31.6 Å². The number of aromatic nitrogens is 1. The van der Waals surface area contributed by atoms with Crippen LogP contribution in [0.15, 0.2) is 10.9 Å². The molecule has 0 spiro atoms. The zero-order chi connectivity index (χ0) is 14.6. The molecule has 1 fully saturated rings. The molecule has 0 saturated carbocycles. The summed E-state index contributed by atoms with van der Waals surface area (Å²) in [5, 5.41) is 5.55. The van der Waals surface area contributed by atoms with E-state index in [-0.39, 0.29) is 5.92 Å². The van der Waals surface area contributed by atoms with Crippen LogP contribution in [0.3, 0.4) is 0 Å². The topological polar surface area (TPSA) is 59.1 Å². The molecule has 114 valence electrons.